The van der Waals surface area contributed by atoms with Crippen LogP contribution in [0.25, 0.3) is 0 Å². The van der Waals surface area contributed by atoms with Gasteiger partial charge in [0.2, 0.25) is 5.91 Å². The first-order valence-electron chi connectivity index (χ1n) is 17.1. The first kappa shape index (κ1) is 36.9. The fourth-order valence-electron chi connectivity index (χ4n) is 5.11. The second-order valence-electron chi connectivity index (χ2n) is 11.6. The molecule has 0 bridgehead atoms. The minimum atomic E-state index is -0.126. The standard InChI is InChI=1S/C34H67NO3/c1-3-5-7-9-11-13-15-17-19-21-23-25-27-29-33(36)35-31-32-38-34(37)30-28-26-24-22-20-18-16-14-12-10-8-6-4-2/h3-32H2,1-2H3,(H,35,36). The number of ether oxygens (including phenoxy) is 1. The van der Waals surface area contributed by atoms with Crippen LogP contribution in [0.2, 0.25) is 0 Å². The van der Waals surface area contributed by atoms with Crippen LogP contribution in [0.3, 0.4) is 0 Å². The normalized spacial score (nSPS) is 11.1. The Hall–Kier alpha value is -1.06. The van der Waals surface area contributed by atoms with Crippen LogP contribution in [0.4, 0.5) is 0 Å². The van der Waals surface area contributed by atoms with Gasteiger partial charge in [0.25, 0.3) is 0 Å². The first-order chi connectivity index (χ1) is 18.7. The number of carbonyl (C=O) groups is 2. The molecule has 226 valence electrons. The molecule has 4 nitrogen and oxygen atoms in total. The van der Waals surface area contributed by atoms with Crippen molar-refractivity contribution in [1.29, 1.82) is 0 Å². The van der Waals surface area contributed by atoms with Gasteiger partial charge in [-0.25, -0.2) is 0 Å². The first-order valence-corrected chi connectivity index (χ1v) is 17.1. The molecule has 0 aromatic carbocycles. The van der Waals surface area contributed by atoms with Crippen molar-refractivity contribution in [1.82, 2.24) is 5.32 Å². The molecule has 0 rings (SSSR count). The average Bonchev–Trinajstić information content (AvgIpc) is 2.92. The molecule has 0 radical (unpaired) electrons. The van der Waals surface area contributed by atoms with E-state index in [1.54, 1.807) is 0 Å². The summed E-state index contributed by atoms with van der Waals surface area (Å²) in [5.41, 5.74) is 0. The van der Waals surface area contributed by atoms with E-state index in [4.69, 9.17) is 4.74 Å². The van der Waals surface area contributed by atoms with Crippen molar-refractivity contribution in [3.05, 3.63) is 0 Å². The SMILES string of the molecule is CCCCCCCCCCCCCCCC(=O)NCCOC(=O)CCCCCCCCCCCCCCC. The van der Waals surface area contributed by atoms with Gasteiger partial charge >= 0.3 is 5.97 Å². The van der Waals surface area contributed by atoms with Crippen molar-refractivity contribution in [2.24, 2.45) is 0 Å². The van der Waals surface area contributed by atoms with E-state index in [9.17, 15) is 9.59 Å². The van der Waals surface area contributed by atoms with Crippen LogP contribution in [-0.2, 0) is 14.3 Å². The Kier molecular flexibility index (Phi) is 31.3. The van der Waals surface area contributed by atoms with Crippen LogP contribution >= 0.6 is 0 Å². The van der Waals surface area contributed by atoms with Crippen molar-refractivity contribution < 1.29 is 14.3 Å². The van der Waals surface area contributed by atoms with E-state index in [1.165, 1.54) is 141 Å². The molecule has 0 aliphatic carbocycles. The molecule has 0 aromatic rings. The van der Waals surface area contributed by atoms with Gasteiger partial charge < -0.3 is 10.1 Å². The second-order valence-corrected chi connectivity index (χ2v) is 11.6. The molecule has 0 saturated heterocycles. The van der Waals surface area contributed by atoms with Crippen LogP contribution in [0.5, 0.6) is 0 Å². The van der Waals surface area contributed by atoms with E-state index < -0.39 is 0 Å². The lowest BCUT2D eigenvalue weighted by atomic mass is 10.0. The Morgan fingerprint density at radius 3 is 1.13 bits per heavy atom. The molecule has 0 heterocycles. The average molecular weight is 538 g/mol. The Bertz CT molecular complexity index is 450. The molecule has 4 heteroatoms. The fraction of sp³-hybridized carbons (Fsp3) is 0.941. The van der Waals surface area contributed by atoms with Gasteiger partial charge in [0.15, 0.2) is 0 Å². The third-order valence-corrected chi connectivity index (χ3v) is 7.68. The third-order valence-electron chi connectivity index (χ3n) is 7.68. The summed E-state index contributed by atoms with van der Waals surface area (Å²) >= 11 is 0. The summed E-state index contributed by atoms with van der Waals surface area (Å²) in [7, 11) is 0. The summed E-state index contributed by atoms with van der Waals surface area (Å²) in [6.07, 6.45) is 35.1. The molecule has 0 spiro atoms. The smallest absolute Gasteiger partial charge is 0.305 e. The predicted octanol–water partition coefficient (Wildman–Crippen LogP) is 10.6. The van der Waals surface area contributed by atoms with E-state index in [1.807, 2.05) is 0 Å². The second kappa shape index (κ2) is 32.2. The third kappa shape index (κ3) is 31.2. The van der Waals surface area contributed by atoms with Gasteiger partial charge in [-0.05, 0) is 12.8 Å². The summed E-state index contributed by atoms with van der Waals surface area (Å²) in [4.78, 5) is 23.8. The Balaban J connectivity index is 3.27. The Morgan fingerprint density at radius 1 is 0.447 bits per heavy atom. The number of nitrogens with one attached hydrogen (secondary N) is 1. The van der Waals surface area contributed by atoms with Crippen LogP contribution in [0.15, 0.2) is 0 Å². The topological polar surface area (TPSA) is 55.4 Å². The van der Waals surface area contributed by atoms with Gasteiger partial charge in [-0.15, -0.1) is 0 Å². The molecule has 0 saturated carbocycles. The number of amides is 1. The van der Waals surface area contributed by atoms with Crippen LogP contribution in [-0.4, -0.2) is 25.0 Å². The summed E-state index contributed by atoms with van der Waals surface area (Å²) in [6, 6.07) is 0. The van der Waals surface area contributed by atoms with Gasteiger partial charge in [-0.2, -0.15) is 0 Å². The number of esters is 1. The maximum atomic E-state index is 11.9. The summed E-state index contributed by atoms with van der Waals surface area (Å²) in [6.45, 7) is 5.27. The predicted molar refractivity (Wildman–Crippen MR) is 165 cm³/mol. The highest BCUT2D eigenvalue weighted by atomic mass is 16.5. The lowest BCUT2D eigenvalue weighted by molar-refractivity contribution is -0.144. The zero-order valence-electron chi connectivity index (χ0n) is 25.9. The van der Waals surface area contributed by atoms with Gasteiger partial charge in [-0.1, -0.05) is 168 Å². The zero-order valence-corrected chi connectivity index (χ0v) is 25.9. The van der Waals surface area contributed by atoms with E-state index in [-0.39, 0.29) is 11.9 Å². The number of hydrogen-bond acceptors (Lipinski definition) is 3. The van der Waals surface area contributed by atoms with Gasteiger partial charge in [0.1, 0.15) is 6.61 Å². The maximum Gasteiger partial charge on any atom is 0.305 e. The number of rotatable bonds is 31. The lowest BCUT2D eigenvalue weighted by Gasteiger charge is -2.07. The van der Waals surface area contributed by atoms with E-state index in [2.05, 4.69) is 19.2 Å². The van der Waals surface area contributed by atoms with E-state index in [0.29, 0.717) is 26.0 Å². The minimum Gasteiger partial charge on any atom is -0.464 e. The molecule has 0 fully saturated rings. The molecule has 1 amide bonds. The van der Waals surface area contributed by atoms with Crippen molar-refractivity contribution in [3.63, 3.8) is 0 Å². The molecule has 0 aromatic heterocycles. The molecule has 38 heavy (non-hydrogen) atoms. The molecule has 0 aliphatic heterocycles. The molecular formula is C34H67NO3. The Morgan fingerprint density at radius 2 is 0.763 bits per heavy atom. The summed E-state index contributed by atoms with van der Waals surface area (Å²) < 4.78 is 5.27. The monoisotopic (exact) mass is 538 g/mol. The molecule has 0 aliphatic rings. The highest BCUT2D eigenvalue weighted by Gasteiger charge is 2.04. The molecule has 0 unspecified atom stereocenters. The van der Waals surface area contributed by atoms with Crippen LogP contribution in [0.1, 0.15) is 194 Å². The van der Waals surface area contributed by atoms with Crippen molar-refractivity contribution in [2.45, 2.75) is 194 Å². The largest absolute Gasteiger partial charge is 0.464 e. The van der Waals surface area contributed by atoms with Gasteiger partial charge in [0, 0.05) is 12.8 Å². The molecule has 1 N–H and O–H groups in total. The van der Waals surface area contributed by atoms with Crippen LogP contribution in [0, 0.1) is 0 Å². The quantitative estimate of drug-likeness (QED) is 0.0706. The van der Waals surface area contributed by atoms with Crippen molar-refractivity contribution in [3.8, 4) is 0 Å². The van der Waals surface area contributed by atoms with E-state index >= 15 is 0 Å². The molecule has 0 atom stereocenters. The van der Waals surface area contributed by atoms with Gasteiger partial charge in [-0.3, -0.25) is 9.59 Å². The van der Waals surface area contributed by atoms with Gasteiger partial charge in [0.05, 0.1) is 6.54 Å². The highest BCUT2D eigenvalue weighted by molar-refractivity contribution is 5.75. The van der Waals surface area contributed by atoms with Crippen LogP contribution < -0.4 is 5.32 Å². The molecular weight excluding hydrogens is 470 g/mol. The fourth-order valence-corrected chi connectivity index (χ4v) is 5.11. The number of unbranched alkanes of at least 4 members (excludes halogenated alkanes) is 24. The van der Waals surface area contributed by atoms with Crippen molar-refractivity contribution >= 4 is 11.9 Å². The van der Waals surface area contributed by atoms with Crippen molar-refractivity contribution in [2.75, 3.05) is 13.2 Å². The van der Waals surface area contributed by atoms with E-state index in [0.717, 1.165) is 25.7 Å². The summed E-state index contributed by atoms with van der Waals surface area (Å²) in [5.74, 6) is -0.0422. The zero-order chi connectivity index (χ0) is 27.8. The minimum absolute atomic E-state index is 0.0839. The number of hydrogen-bond donors (Lipinski definition) is 1. The number of carbonyl (C=O) groups excluding carboxylic acids is 2. The maximum absolute atomic E-state index is 11.9. The Labute approximate surface area is 238 Å². The lowest BCUT2D eigenvalue weighted by Crippen LogP contribution is -2.27. The summed E-state index contributed by atoms with van der Waals surface area (Å²) in [5, 5.41) is 2.88. The highest BCUT2D eigenvalue weighted by Crippen LogP contribution is 2.14.